The summed E-state index contributed by atoms with van der Waals surface area (Å²) in [6, 6.07) is 1.39. The van der Waals surface area contributed by atoms with Crippen LogP contribution in [0.3, 0.4) is 0 Å². The van der Waals surface area contributed by atoms with Crippen molar-refractivity contribution in [3.8, 4) is 0 Å². The second-order valence-corrected chi connectivity index (χ2v) is 5.45. The van der Waals surface area contributed by atoms with E-state index in [9.17, 15) is 9.59 Å². The molecule has 8 nitrogen and oxygen atoms in total. The van der Waals surface area contributed by atoms with Crippen LogP contribution in [0.2, 0.25) is 0 Å². The zero-order valence-corrected chi connectivity index (χ0v) is 13.0. The molecule has 1 aliphatic rings. The zero-order chi connectivity index (χ0) is 16.4. The van der Waals surface area contributed by atoms with Gasteiger partial charge in [0.05, 0.1) is 12.0 Å². The molecule has 0 aromatic carbocycles. The van der Waals surface area contributed by atoms with Crippen LogP contribution in [-0.4, -0.2) is 40.6 Å². The van der Waals surface area contributed by atoms with Crippen molar-refractivity contribution < 1.29 is 9.53 Å². The molecule has 0 atom stereocenters. The highest BCUT2D eigenvalue weighted by atomic mass is 16.5. The zero-order valence-electron chi connectivity index (χ0n) is 13.0. The van der Waals surface area contributed by atoms with Crippen molar-refractivity contribution in [3.05, 3.63) is 22.0 Å². The molecule has 8 heteroatoms. The second-order valence-electron chi connectivity index (χ2n) is 5.45. The summed E-state index contributed by atoms with van der Waals surface area (Å²) in [5.41, 5.74) is 5.80. The van der Waals surface area contributed by atoms with Crippen LogP contribution >= 0.6 is 0 Å². The lowest BCUT2D eigenvalue weighted by molar-refractivity contribution is 0.0527. The highest BCUT2D eigenvalue weighted by molar-refractivity contribution is 5.97. The number of aromatic nitrogens is 3. The number of nitrogens with one attached hydrogen (secondary N) is 1. The van der Waals surface area contributed by atoms with Crippen LogP contribution in [0, 0.1) is 0 Å². The Labute approximate surface area is 132 Å². The van der Waals surface area contributed by atoms with E-state index in [1.54, 1.807) is 6.92 Å². The van der Waals surface area contributed by atoms with Crippen molar-refractivity contribution in [3.63, 3.8) is 0 Å². The number of nitrogens with two attached hydrogens (primary N) is 1. The third kappa shape index (κ3) is 2.96. The molecule has 3 rings (SSSR count). The first kappa shape index (κ1) is 15.3. The summed E-state index contributed by atoms with van der Waals surface area (Å²) in [4.78, 5) is 37.5. The fraction of sp³-hybridized carbons (Fsp3) is 0.467. The van der Waals surface area contributed by atoms with Gasteiger partial charge in [-0.15, -0.1) is 0 Å². The van der Waals surface area contributed by atoms with Crippen LogP contribution < -0.4 is 16.2 Å². The Kier molecular flexibility index (Phi) is 4.14. The van der Waals surface area contributed by atoms with E-state index < -0.39 is 5.97 Å². The predicted octanol–water partition coefficient (Wildman–Crippen LogP) is 1.07. The number of ether oxygens (including phenoxy) is 1. The van der Waals surface area contributed by atoms with E-state index in [2.05, 4.69) is 15.0 Å². The average Bonchev–Trinajstić information content (AvgIpc) is 2.55. The van der Waals surface area contributed by atoms with Gasteiger partial charge in [-0.3, -0.25) is 9.78 Å². The molecular weight excluding hydrogens is 298 g/mol. The van der Waals surface area contributed by atoms with Crippen molar-refractivity contribution in [2.45, 2.75) is 26.2 Å². The summed E-state index contributed by atoms with van der Waals surface area (Å²) < 4.78 is 4.92. The quantitative estimate of drug-likeness (QED) is 0.814. The molecule has 0 aliphatic carbocycles. The van der Waals surface area contributed by atoms with Crippen LogP contribution in [-0.2, 0) is 4.74 Å². The van der Waals surface area contributed by atoms with E-state index in [4.69, 9.17) is 10.5 Å². The summed E-state index contributed by atoms with van der Waals surface area (Å²) in [5.74, 6) is -0.0875. The highest BCUT2D eigenvalue weighted by Gasteiger charge is 2.18. The smallest absolute Gasteiger partial charge is 0.341 e. The van der Waals surface area contributed by atoms with Gasteiger partial charge >= 0.3 is 5.97 Å². The molecule has 122 valence electrons. The topological polar surface area (TPSA) is 114 Å². The summed E-state index contributed by atoms with van der Waals surface area (Å²) in [5, 5.41) is 0.225. The maximum Gasteiger partial charge on any atom is 0.341 e. The number of carbonyl (C=O) groups is 1. The van der Waals surface area contributed by atoms with Gasteiger partial charge in [0.2, 0.25) is 5.95 Å². The number of esters is 1. The monoisotopic (exact) mass is 317 g/mol. The summed E-state index contributed by atoms with van der Waals surface area (Å²) in [7, 11) is 0. The molecular formula is C15H19N5O3. The average molecular weight is 317 g/mol. The molecule has 0 bridgehead atoms. The van der Waals surface area contributed by atoms with E-state index in [1.807, 2.05) is 4.90 Å². The number of hydrogen-bond donors (Lipinski definition) is 2. The first-order valence-electron chi connectivity index (χ1n) is 7.72. The molecule has 0 spiro atoms. The lowest BCUT2D eigenvalue weighted by atomic mass is 10.1. The Morgan fingerprint density at radius 1 is 1.35 bits per heavy atom. The molecule has 2 aromatic rings. The molecule has 0 unspecified atom stereocenters. The number of pyridine rings is 1. The summed E-state index contributed by atoms with van der Waals surface area (Å²) >= 11 is 0. The number of piperidine rings is 1. The lowest BCUT2D eigenvalue weighted by Crippen LogP contribution is -2.32. The molecule has 0 amide bonds. The summed E-state index contributed by atoms with van der Waals surface area (Å²) in [6.45, 7) is 3.62. The Morgan fingerprint density at radius 3 is 2.78 bits per heavy atom. The van der Waals surface area contributed by atoms with Gasteiger partial charge in [0.25, 0.3) is 5.56 Å². The van der Waals surface area contributed by atoms with E-state index in [1.165, 1.54) is 12.5 Å². The van der Waals surface area contributed by atoms with Gasteiger partial charge in [-0.05, 0) is 32.3 Å². The van der Waals surface area contributed by atoms with Gasteiger partial charge in [-0.2, -0.15) is 4.98 Å². The molecule has 1 fully saturated rings. The molecule has 1 saturated heterocycles. The minimum Gasteiger partial charge on any atom is -0.462 e. The largest absolute Gasteiger partial charge is 0.462 e. The molecule has 23 heavy (non-hydrogen) atoms. The standard InChI is InChI=1S/C15H19N5O3/c1-2-23-14(22)9-8-10-12(17-11(9)16)18-15(19-13(10)21)20-6-4-3-5-7-20/h8H,2-7H2,1H3,(H3,16,17,18,19,21). The molecule has 0 radical (unpaired) electrons. The number of anilines is 2. The fourth-order valence-electron chi connectivity index (χ4n) is 2.69. The van der Waals surface area contributed by atoms with Crippen LogP contribution in [0.5, 0.6) is 0 Å². The van der Waals surface area contributed by atoms with Crippen LogP contribution in [0.25, 0.3) is 11.0 Å². The van der Waals surface area contributed by atoms with Gasteiger partial charge in [-0.25, -0.2) is 9.78 Å². The minimum atomic E-state index is -0.598. The molecule has 3 N–H and O–H groups in total. The van der Waals surface area contributed by atoms with Crippen molar-refractivity contribution in [2.75, 3.05) is 30.3 Å². The highest BCUT2D eigenvalue weighted by Crippen LogP contribution is 2.19. The number of H-pyrrole nitrogens is 1. The van der Waals surface area contributed by atoms with E-state index >= 15 is 0 Å². The summed E-state index contributed by atoms with van der Waals surface area (Å²) in [6.07, 6.45) is 3.32. The molecule has 3 heterocycles. The van der Waals surface area contributed by atoms with Gasteiger partial charge in [0, 0.05) is 13.1 Å². The Hall–Kier alpha value is -2.64. The molecule has 0 saturated carbocycles. The number of nitrogen functional groups attached to an aromatic ring is 1. The SMILES string of the molecule is CCOC(=O)c1cc2c(=O)[nH]c(N3CCCCC3)nc2nc1N. The van der Waals surface area contributed by atoms with Crippen molar-refractivity contribution in [2.24, 2.45) is 0 Å². The maximum absolute atomic E-state index is 12.3. The van der Waals surface area contributed by atoms with E-state index in [0.29, 0.717) is 5.95 Å². The molecule has 2 aromatic heterocycles. The van der Waals surface area contributed by atoms with Crippen LogP contribution in [0.15, 0.2) is 10.9 Å². The van der Waals surface area contributed by atoms with Crippen LogP contribution in [0.4, 0.5) is 11.8 Å². The van der Waals surface area contributed by atoms with Crippen LogP contribution in [0.1, 0.15) is 36.5 Å². The number of aromatic amines is 1. The second kappa shape index (κ2) is 6.23. The lowest BCUT2D eigenvalue weighted by Gasteiger charge is -2.26. The van der Waals surface area contributed by atoms with Gasteiger partial charge < -0.3 is 15.4 Å². The van der Waals surface area contributed by atoms with Crippen molar-refractivity contribution in [1.29, 1.82) is 0 Å². The number of carbonyl (C=O) groups excluding carboxylic acids is 1. The molecule has 1 aliphatic heterocycles. The number of hydrogen-bond acceptors (Lipinski definition) is 7. The van der Waals surface area contributed by atoms with Gasteiger partial charge in [0.15, 0.2) is 5.65 Å². The third-order valence-corrected chi connectivity index (χ3v) is 3.86. The number of rotatable bonds is 3. The Balaban J connectivity index is 2.06. The first-order chi connectivity index (χ1) is 11.1. The minimum absolute atomic E-state index is 0.0126. The fourth-order valence-corrected chi connectivity index (χ4v) is 2.69. The normalized spacial score (nSPS) is 14.9. The Bertz CT molecular complexity index is 796. The van der Waals surface area contributed by atoms with E-state index in [-0.39, 0.29) is 34.6 Å². The first-order valence-corrected chi connectivity index (χ1v) is 7.72. The predicted molar refractivity (Wildman–Crippen MR) is 86.6 cm³/mol. The van der Waals surface area contributed by atoms with Gasteiger partial charge in [-0.1, -0.05) is 0 Å². The number of nitrogens with zero attached hydrogens (tertiary/aromatic N) is 3. The third-order valence-electron chi connectivity index (χ3n) is 3.86. The van der Waals surface area contributed by atoms with Gasteiger partial charge in [0.1, 0.15) is 11.4 Å². The number of fused-ring (bicyclic) bond motifs is 1. The Morgan fingerprint density at radius 2 is 2.09 bits per heavy atom. The maximum atomic E-state index is 12.3. The van der Waals surface area contributed by atoms with Crippen molar-refractivity contribution >= 4 is 28.8 Å². The van der Waals surface area contributed by atoms with Crippen molar-refractivity contribution in [1.82, 2.24) is 15.0 Å². The van der Waals surface area contributed by atoms with E-state index in [0.717, 1.165) is 25.9 Å².